The van der Waals surface area contributed by atoms with Crippen LogP contribution in [0.25, 0.3) is 0 Å². The molecule has 1 N–H and O–H groups in total. The Bertz CT molecular complexity index is 253. The van der Waals surface area contributed by atoms with Gasteiger partial charge in [0.15, 0.2) is 0 Å². The van der Waals surface area contributed by atoms with Gasteiger partial charge in [-0.3, -0.25) is 0 Å². The fraction of sp³-hybridized carbons (Fsp3) is 1.00. The van der Waals surface area contributed by atoms with Crippen molar-refractivity contribution >= 4 is 0 Å². The van der Waals surface area contributed by atoms with E-state index >= 15 is 0 Å². The van der Waals surface area contributed by atoms with E-state index in [2.05, 4.69) is 33.0 Å². The molecule has 3 unspecified atom stereocenters. The van der Waals surface area contributed by atoms with Crippen LogP contribution in [0.2, 0.25) is 0 Å². The highest BCUT2D eigenvalue weighted by Crippen LogP contribution is 2.62. The van der Waals surface area contributed by atoms with Gasteiger partial charge in [-0.15, -0.1) is 0 Å². The highest BCUT2D eigenvalue weighted by molar-refractivity contribution is 5.11. The van der Waals surface area contributed by atoms with Crippen molar-refractivity contribution in [1.29, 1.82) is 0 Å². The van der Waals surface area contributed by atoms with Crippen LogP contribution in [-0.4, -0.2) is 12.6 Å². The molecule has 1 heteroatoms. The van der Waals surface area contributed by atoms with Crippen LogP contribution < -0.4 is 5.32 Å². The molecule has 0 radical (unpaired) electrons. The predicted molar refractivity (Wildman–Crippen MR) is 75.2 cm³/mol. The zero-order chi connectivity index (χ0) is 12.5. The van der Waals surface area contributed by atoms with Gasteiger partial charge < -0.3 is 5.32 Å². The van der Waals surface area contributed by atoms with Gasteiger partial charge in [0.25, 0.3) is 0 Å². The van der Waals surface area contributed by atoms with Crippen molar-refractivity contribution in [3.8, 4) is 0 Å². The van der Waals surface area contributed by atoms with Crippen molar-refractivity contribution < 1.29 is 0 Å². The quantitative estimate of drug-likeness (QED) is 0.676. The third-order valence-corrected chi connectivity index (χ3v) is 5.65. The molecule has 3 atom stereocenters. The largest absolute Gasteiger partial charge is 0.313 e. The summed E-state index contributed by atoms with van der Waals surface area (Å²) >= 11 is 0. The Hall–Kier alpha value is -0.0400. The minimum Gasteiger partial charge on any atom is -0.313 e. The van der Waals surface area contributed by atoms with Crippen LogP contribution in [-0.2, 0) is 0 Å². The second-order valence-corrected chi connectivity index (χ2v) is 7.36. The van der Waals surface area contributed by atoms with Gasteiger partial charge >= 0.3 is 0 Å². The average Bonchev–Trinajstić information content (AvgIpc) is 2.73. The van der Waals surface area contributed by atoms with Crippen molar-refractivity contribution in [2.24, 2.45) is 16.7 Å². The van der Waals surface area contributed by atoms with Gasteiger partial charge in [-0.25, -0.2) is 0 Å². The van der Waals surface area contributed by atoms with Gasteiger partial charge in [0, 0.05) is 6.04 Å². The summed E-state index contributed by atoms with van der Waals surface area (Å²) in [5, 5.41) is 3.90. The van der Waals surface area contributed by atoms with Crippen LogP contribution >= 0.6 is 0 Å². The third-order valence-electron chi connectivity index (χ3n) is 5.65. The smallest absolute Gasteiger partial charge is 0.0175 e. The zero-order valence-corrected chi connectivity index (χ0v) is 12.3. The van der Waals surface area contributed by atoms with Crippen molar-refractivity contribution in [3.05, 3.63) is 0 Å². The second-order valence-electron chi connectivity index (χ2n) is 7.36. The Balaban J connectivity index is 1.83. The summed E-state index contributed by atoms with van der Waals surface area (Å²) < 4.78 is 0. The number of fused-ring (bicyclic) bond motifs is 2. The number of hydrogen-bond donors (Lipinski definition) is 1. The average molecular weight is 237 g/mol. The molecule has 2 bridgehead atoms. The molecule has 0 aliphatic heterocycles. The van der Waals surface area contributed by atoms with Gasteiger partial charge in [-0.05, 0) is 49.0 Å². The fourth-order valence-corrected chi connectivity index (χ4v) is 4.61. The van der Waals surface area contributed by atoms with Gasteiger partial charge in [0.2, 0.25) is 0 Å². The van der Waals surface area contributed by atoms with Crippen LogP contribution in [0.1, 0.15) is 72.6 Å². The van der Waals surface area contributed by atoms with Crippen LogP contribution in [0.3, 0.4) is 0 Å². The van der Waals surface area contributed by atoms with Crippen molar-refractivity contribution in [3.63, 3.8) is 0 Å². The molecule has 0 amide bonds. The van der Waals surface area contributed by atoms with E-state index in [1.165, 1.54) is 51.5 Å². The number of nitrogens with one attached hydrogen (secondary N) is 1. The molecule has 2 saturated carbocycles. The molecule has 2 aliphatic carbocycles. The summed E-state index contributed by atoms with van der Waals surface area (Å²) in [5.74, 6) is 0.973. The zero-order valence-electron chi connectivity index (χ0n) is 12.3. The first-order chi connectivity index (χ1) is 8.00. The maximum absolute atomic E-state index is 3.90. The molecule has 2 fully saturated rings. The maximum Gasteiger partial charge on any atom is 0.0175 e. The van der Waals surface area contributed by atoms with E-state index in [4.69, 9.17) is 0 Å². The lowest BCUT2D eigenvalue weighted by Gasteiger charge is -2.43. The van der Waals surface area contributed by atoms with Crippen molar-refractivity contribution in [2.45, 2.75) is 78.7 Å². The molecule has 0 heterocycles. The highest BCUT2D eigenvalue weighted by Gasteiger charge is 2.58. The molecule has 1 nitrogen and oxygen atoms in total. The molecule has 2 rings (SSSR count). The summed E-state index contributed by atoms with van der Waals surface area (Å²) in [5.41, 5.74) is 1.12. The number of unbranched alkanes of at least 4 members (excludes halogenated alkanes) is 3. The Kier molecular flexibility index (Phi) is 3.87. The first-order valence-electron chi connectivity index (χ1n) is 7.74. The maximum atomic E-state index is 3.90. The minimum atomic E-state index is 0.526. The van der Waals surface area contributed by atoms with Gasteiger partial charge in [-0.2, -0.15) is 0 Å². The number of rotatable bonds is 6. The van der Waals surface area contributed by atoms with Gasteiger partial charge in [0.1, 0.15) is 0 Å². The molecule has 100 valence electrons. The molecule has 0 aromatic heterocycles. The summed E-state index contributed by atoms with van der Waals surface area (Å²) in [4.78, 5) is 0. The molecule has 0 spiro atoms. The van der Waals surface area contributed by atoms with Crippen molar-refractivity contribution in [1.82, 2.24) is 5.32 Å². The first kappa shape index (κ1) is 13.4. The fourth-order valence-electron chi connectivity index (χ4n) is 4.61. The van der Waals surface area contributed by atoms with Crippen LogP contribution in [0, 0.1) is 16.7 Å². The van der Waals surface area contributed by atoms with Gasteiger partial charge in [0.05, 0.1) is 0 Å². The lowest BCUT2D eigenvalue weighted by molar-refractivity contribution is 0.109. The summed E-state index contributed by atoms with van der Waals surface area (Å²) in [6, 6.07) is 0.760. The minimum absolute atomic E-state index is 0.526. The summed E-state index contributed by atoms with van der Waals surface area (Å²) in [6.45, 7) is 11.0. The van der Waals surface area contributed by atoms with Gasteiger partial charge in [-0.1, -0.05) is 47.0 Å². The molecule has 2 aliphatic rings. The Morgan fingerprint density at radius 1 is 1.12 bits per heavy atom. The van der Waals surface area contributed by atoms with Crippen molar-refractivity contribution in [2.75, 3.05) is 6.54 Å². The normalized spacial score (nSPS) is 38.8. The molecular weight excluding hydrogens is 206 g/mol. The van der Waals surface area contributed by atoms with Crippen LogP contribution in [0.15, 0.2) is 0 Å². The lowest BCUT2D eigenvalue weighted by Crippen LogP contribution is -2.50. The SMILES string of the molecule is CCCCCCNC1C2(C)CCC(C2)C1(C)C. The predicted octanol–water partition coefficient (Wildman–Crippen LogP) is 4.37. The second kappa shape index (κ2) is 4.91. The topological polar surface area (TPSA) is 12.0 Å². The van der Waals surface area contributed by atoms with Crippen LogP contribution in [0.5, 0.6) is 0 Å². The highest BCUT2D eigenvalue weighted by atomic mass is 15.0. The Morgan fingerprint density at radius 3 is 2.47 bits per heavy atom. The van der Waals surface area contributed by atoms with E-state index in [1.54, 1.807) is 0 Å². The van der Waals surface area contributed by atoms with Crippen LogP contribution in [0.4, 0.5) is 0 Å². The monoisotopic (exact) mass is 237 g/mol. The summed E-state index contributed by atoms with van der Waals surface area (Å²) in [7, 11) is 0. The first-order valence-corrected chi connectivity index (χ1v) is 7.74. The van der Waals surface area contributed by atoms with E-state index in [1.807, 2.05) is 0 Å². The number of hydrogen-bond acceptors (Lipinski definition) is 1. The molecule has 17 heavy (non-hydrogen) atoms. The van der Waals surface area contributed by atoms with E-state index in [-0.39, 0.29) is 0 Å². The Morgan fingerprint density at radius 2 is 1.88 bits per heavy atom. The standard InChI is InChI=1S/C16H31N/c1-5-6-7-8-11-17-14-15(2,3)13-9-10-16(14,4)12-13/h13-14,17H,5-12H2,1-4H3. The van der Waals surface area contributed by atoms with E-state index in [0.717, 1.165) is 12.0 Å². The summed E-state index contributed by atoms with van der Waals surface area (Å²) in [6.07, 6.45) is 9.89. The molecule has 0 aromatic rings. The Labute approximate surface area is 108 Å². The lowest BCUT2D eigenvalue weighted by atomic mass is 9.68. The third kappa shape index (κ3) is 2.41. The van der Waals surface area contributed by atoms with E-state index in [0.29, 0.717) is 10.8 Å². The van der Waals surface area contributed by atoms with E-state index in [9.17, 15) is 0 Å². The molecule has 0 aromatic carbocycles. The molecule has 0 saturated heterocycles. The molecular formula is C16H31N. The van der Waals surface area contributed by atoms with E-state index < -0.39 is 0 Å².